The zero-order valence-electron chi connectivity index (χ0n) is 18.1. The molecule has 0 unspecified atom stereocenters. The van der Waals surface area contributed by atoms with Gasteiger partial charge in [0, 0.05) is 11.8 Å². The maximum atomic E-state index is 12.4. The van der Waals surface area contributed by atoms with Crippen molar-refractivity contribution < 1.29 is 9.47 Å². The van der Waals surface area contributed by atoms with Crippen LogP contribution >= 0.6 is 24.0 Å². The number of hydrogen-bond acceptors (Lipinski definition) is 6. The molecule has 1 aliphatic carbocycles. The van der Waals surface area contributed by atoms with E-state index in [0.717, 1.165) is 18.1 Å². The molecular formula is C25H22Cl2N4O3. The van der Waals surface area contributed by atoms with E-state index in [1.807, 2.05) is 42.5 Å². The molecule has 0 amide bonds. The minimum atomic E-state index is -0.528. The predicted octanol–water partition coefficient (Wildman–Crippen LogP) is 5.34. The number of aromatic nitrogens is 4. The summed E-state index contributed by atoms with van der Waals surface area (Å²) in [5.41, 5.74) is 1.42. The average molecular weight is 497 g/mol. The van der Waals surface area contributed by atoms with Crippen molar-refractivity contribution in [2.24, 2.45) is 5.92 Å². The number of pyridine rings is 1. The van der Waals surface area contributed by atoms with Gasteiger partial charge >= 0.3 is 5.69 Å². The van der Waals surface area contributed by atoms with Crippen LogP contribution in [-0.4, -0.2) is 26.5 Å². The maximum absolute atomic E-state index is 12.4. The van der Waals surface area contributed by atoms with Gasteiger partial charge in [0.1, 0.15) is 23.9 Å². The lowest BCUT2D eigenvalue weighted by molar-refractivity contribution is 0.300. The molecule has 0 aliphatic heterocycles. The Hall–Kier alpha value is -3.42. The molecule has 1 N–H and O–H groups in total. The van der Waals surface area contributed by atoms with Gasteiger partial charge < -0.3 is 9.47 Å². The standard InChI is InChI=1S/C25H21ClN4O3.ClH/c26-20-5-3-6-21(33-15-18-4-1-2-13-27-18)22(20)24-28-23(29-25(31)30-24)17-9-11-19(12-10-17)32-14-16-7-8-16;/h1-6,9-13,16H,7-8,14-15H2,(H,28,29,30,31);1H. The molecule has 1 aliphatic rings. The number of ether oxygens (including phenoxy) is 2. The summed E-state index contributed by atoms with van der Waals surface area (Å²) in [5, 5.41) is 0.401. The lowest BCUT2D eigenvalue weighted by Crippen LogP contribution is -2.15. The van der Waals surface area contributed by atoms with Gasteiger partial charge in [0.25, 0.3) is 0 Å². The fraction of sp³-hybridized carbons (Fsp3) is 0.200. The van der Waals surface area contributed by atoms with Gasteiger partial charge in [0.05, 0.1) is 22.9 Å². The SMILES string of the molecule is Cl.O=c1nc(-c2ccc(OCC3CC3)cc2)nc(-c2c(Cl)cccc2OCc2ccccn2)[nH]1. The highest BCUT2D eigenvalue weighted by Gasteiger charge is 2.22. The van der Waals surface area contributed by atoms with E-state index in [0.29, 0.717) is 27.8 Å². The first-order chi connectivity index (χ1) is 16.2. The molecule has 2 heterocycles. The molecular weight excluding hydrogens is 475 g/mol. The number of benzene rings is 2. The lowest BCUT2D eigenvalue weighted by Gasteiger charge is -2.13. The number of nitrogens with one attached hydrogen (secondary N) is 1. The van der Waals surface area contributed by atoms with E-state index in [9.17, 15) is 4.79 Å². The Morgan fingerprint density at radius 1 is 0.971 bits per heavy atom. The summed E-state index contributed by atoms with van der Waals surface area (Å²) >= 11 is 6.49. The fourth-order valence-electron chi connectivity index (χ4n) is 3.32. The Balaban J connectivity index is 0.00000274. The van der Waals surface area contributed by atoms with Crippen LogP contribution in [0, 0.1) is 5.92 Å². The van der Waals surface area contributed by atoms with Crippen molar-refractivity contribution in [1.82, 2.24) is 19.9 Å². The fourth-order valence-corrected chi connectivity index (χ4v) is 3.58. The molecule has 1 saturated carbocycles. The summed E-state index contributed by atoms with van der Waals surface area (Å²) < 4.78 is 11.7. The molecule has 5 rings (SSSR count). The number of aromatic amines is 1. The molecule has 7 nitrogen and oxygen atoms in total. The van der Waals surface area contributed by atoms with Gasteiger partial charge in [-0.3, -0.25) is 9.97 Å². The first-order valence-electron chi connectivity index (χ1n) is 10.7. The van der Waals surface area contributed by atoms with E-state index in [-0.39, 0.29) is 30.7 Å². The molecule has 4 aromatic rings. The van der Waals surface area contributed by atoms with E-state index in [1.54, 1.807) is 24.4 Å². The van der Waals surface area contributed by atoms with Gasteiger partial charge in [-0.1, -0.05) is 23.7 Å². The van der Waals surface area contributed by atoms with Crippen LogP contribution < -0.4 is 15.2 Å². The van der Waals surface area contributed by atoms with Crippen LogP contribution in [0.1, 0.15) is 18.5 Å². The van der Waals surface area contributed by atoms with E-state index in [4.69, 9.17) is 21.1 Å². The van der Waals surface area contributed by atoms with Crippen LogP contribution in [0.2, 0.25) is 5.02 Å². The Morgan fingerprint density at radius 2 is 1.79 bits per heavy atom. The van der Waals surface area contributed by atoms with Gasteiger partial charge in [-0.05, 0) is 67.3 Å². The molecule has 34 heavy (non-hydrogen) atoms. The molecule has 2 aromatic carbocycles. The largest absolute Gasteiger partial charge is 0.493 e. The molecule has 0 bridgehead atoms. The van der Waals surface area contributed by atoms with Crippen molar-refractivity contribution in [2.45, 2.75) is 19.4 Å². The van der Waals surface area contributed by atoms with E-state index in [2.05, 4.69) is 19.9 Å². The summed E-state index contributed by atoms with van der Waals surface area (Å²) in [7, 11) is 0. The van der Waals surface area contributed by atoms with Crippen LogP contribution in [0.25, 0.3) is 22.8 Å². The van der Waals surface area contributed by atoms with Crippen molar-refractivity contribution in [1.29, 1.82) is 0 Å². The van der Waals surface area contributed by atoms with Crippen molar-refractivity contribution in [2.75, 3.05) is 6.61 Å². The molecule has 1 fully saturated rings. The lowest BCUT2D eigenvalue weighted by atomic mass is 10.1. The number of hydrogen-bond donors (Lipinski definition) is 1. The highest BCUT2D eigenvalue weighted by Crippen LogP contribution is 2.35. The Labute approximate surface area is 207 Å². The monoisotopic (exact) mass is 496 g/mol. The van der Waals surface area contributed by atoms with Gasteiger partial charge in [0.2, 0.25) is 0 Å². The minimum Gasteiger partial charge on any atom is -0.493 e. The molecule has 0 saturated heterocycles. The number of rotatable bonds is 8. The topological polar surface area (TPSA) is 90.0 Å². The molecule has 0 spiro atoms. The smallest absolute Gasteiger partial charge is 0.348 e. The van der Waals surface area contributed by atoms with Gasteiger partial charge in [-0.2, -0.15) is 4.98 Å². The predicted molar refractivity (Wildman–Crippen MR) is 133 cm³/mol. The van der Waals surface area contributed by atoms with Crippen LogP contribution in [0.15, 0.2) is 71.7 Å². The molecule has 9 heteroatoms. The van der Waals surface area contributed by atoms with Crippen LogP contribution in [0.4, 0.5) is 0 Å². The first kappa shape index (κ1) is 23.7. The highest BCUT2D eigenvalue weighted by atomic mass is 35.5. The first-order valence-corrected chi connectivity index (χ1v) is 11.1. The van der Waals surface area contributed by atoms with Crippen molar-refractivity contribution in [3.8, 4) is 34.3 Å². The van der Waals surface area contributed by atoms with Crippen molar-refractivity contribution >= 4 is 24.0 Å². The summed E-state index contributed by atoms with van der Waals surface area (Å²) in [4.78, 5) is 28.0. The van der Waals surface area contributed by atoms with E-state index in [1.165, 1.54) is 12.8 Å². The molecule has 174 valence electrons. The second-order valence-electron chi connectivity index (χ2n) is 7.83. The summed E-state index contributed by atoms with van der Waals surface area (Å²) in [6.45, 7) is 0.984. The number of H-pyrrole nitrogens is 1. The van der Waals surface area contributed by atoms with Gasteiger partial charge in [-0.15, -0.1) is 12.4 Å². The van der Waals surface area contributed by atoms with Crippen molar-refractivity contribution in [3.63, 3.8) is 0 Å². The second-order valence-corrected chi connectivity index (χ2v) is 8.23. The van der Waals surface area contributed by atoms with Crippen molar-refractivity contribution in [3.05, 3.63) is 88.1 Å². The third kappa shape index (κ3) is 5.73. The third-order valence-electron chi connectivity index (χ3n) is 5.26. The molecule has 0 radical (unpaired) electrons. The average Bonchev–Trinajstić information content (AvgIpc) is 3.67. The third-order valence-corrected chi connectivity index (χ3v) is 5.57. The van der Waals surface area contributed by atoms with Gasteiger partial charge in [0.15, 0.2) is 5.82 Å². The van der Waals surface area contributed by atoms with Gasteiger partial charge in [-0.25, -0.2) is 9.78 Å². The minimum absolute atomic E-state index is 0. The van der Waals surface area contributed by atoms with E-state index >= 15 is 0 Å². The summed E-state index contributed by atoms with van der Waals surface area (Å²) in [5.74, 6) is 2.51. The quantitative estimate of drug-likeness (QED) is 0.354. The molecule has 0 atom stereocenters. The van der Waals surface area contributed by atoms with Crippen LogP contribution in [0.3, 0.4) is 0 Å². The van der Waals surface area contributed by atoms with E-state index < -0.39 is 5.69 Å². The highest BCUT2D eigenvalue weighted by molar-refractivity contribution is 6.33. The maximum Gasteiger partial charge on any atom is 0.348 e. The Bertz CT molecular complexity index is 1310. The Kier molecular flexibility index (Phi) is 7.45. The zero-order valence-corrected chi connectivity index (χ0v) is 19.7. The Morgan fingerprint density at radius 3 is 2.53 bits per heavy atom. The van der Waals surface area contributed by atoms with Crippen LogP contribution in [0.5, 0.6) is 11.5 Å². The number of nitrogens with zero attached hydrogens (tertiary/aromatic N) is 3. The molecule has 2 aromatic heterocycles. The number of halogens is 2. The summed E-state index contributed by atoms with van der Waals surface area (Å²) in [6, 6.07) is 18.3. The summed E-state index contributed by atoms with van der Waals surface area (Å²) in [6.07, 6.45) is 4.17. The zero-order chi connectivity index (χ0) is 22.6. The normalized spacial score (nSPS) is 12.6. The van der Waals surface area contributed by atoms with Crippen LogP contribution in [-0.2, 0) is 6.61 Å². The second kappa shape index (κ2) is 10.7.